The third kappa shape index (κ3) is 4.19. The van der Waals surface area contributed by atoms with E-state index < -0.39 is 0 Å². The summed E-state index contributed by atoms with van der Waals surface area (Å²) in [4.78, 5) is 34.2. The number of aromatic nitrogens is 4. The smallest absolute Gasteiger partial charge is 0.321 e. The monoisotopic (exact) mass is 478 g/mol. The number of pyridine rings is 2. The van der Waals surface area contributed by atoms with Crippen molar-refractivity contribution in [3.8, 4) is 22.8 Å². The van der Waals surface area contributed by atoms with Crippen LogP contribution >= 0.6 is 0 Å². The average Bonchev–Trinajstić information content (AvgIpc) is 3.13. The van der Waals surface area contributed by atoms with Gasteiger partial charge in [0.15, 0.2) is 0 Å². The molecule has 1 saturated carbocycles. The van der Waals surface area contributed by atoms with Crippen LogP contribution in [0.2, 0.25) is 0 Å². The van der Waals surface area contributed by atoms with Gasteiger partial charge in [-0.2, -0.15) is 0 Å². The van der Waals surface area contributed by atoms with Crippen molar-refractivity contribution in [3.05, 3.63) is 67.0 Å². The molecule has 1 aliphatic heterocycles. The number of rotatable bonds is 3. The minimum absolute atomic E-state index is 0.0382. The average molecular weight is 479 g/mol. The number of carbonyl (C=O) groups is 1. The summed E-state index contributed by atoms with van der Waals surface area (Å²) in [6, 6.07) is 17.4. The predicted octanol–water partition coefficient (Wildman–Crippen LogP) is 6.19. The molecule has 4 heterocycles. The number of carbonyl (C=O) groups excluding carboxylic acids is 1. The zero-order chi connectivity index (χ0) is 24.9. The molecule has 36 heavy (non-hydrogen) atoms. The fraction of sp³-hybridized carbons (Fsp3) is 0.345. The molecule has 2 bridgehead atoms. The van der Waals surface area contributed by atoms with Gasteiger partial charge in [0, 0.05) is 30.7 Å². The number of hydrogen-bond donors (Lipinski definition) is 1. The van der Waals surface area contributed by atoms with Crippen molar-refractivity contribution in [1.29, 1.82) is 0 Å². The summed E-state index contributed by atoms with van der Waals surface area (Å²) >= 11 is 0. The minimum atomic E-state index is -0.0382. The van der Waals surface area contributed by atoms with Gasteiger partial charge in [0.1, 0.15) is 11.4 Å². The number of benzene rings is 1. The Morgan fingerprint density at radius 2 is 1.56 bits per heavy atom. The predicted molar refractivity (Wildman–Crippen MR) is 141 cm³/mol. The van der Waals surface area contributed by atoms with E-state index in [2.05, 4.69) is 36.1 Å². The van der Waals surface area contributed by atoms with E-state index in [1.807, 2.05) is 59.5 Å². The Morgan fingerprint density at radius 3 is 2.19 bits per heavy atom. The molecule has 1 saturated heterocycles. The topological polar surface area (TPSA) is 83.9 Å². The van der Waals surface area contributed by atoms with E-state index in [4.69, 9.17) is 9.97 Å². The lowest BCUT2D eigenvalue weighted by molar-refractivity contribution is 0.130. The second-order valence-electron chi connectivity index (χ2n) is 11.3. The molecule has 1 N–H and O–H groups in total. The van der Waals surface area contributed by atoms with Gasteiger partial charge in [-0.05, 0) is 72.6 Å². The summed E-state index contributed by atoms with van der Waals surface area (Å²) < 4.78 is 0. The molecule has 7 nitrogen and oxygen atoms in total. The molecule has 0 spiro atoms. The van der Waals surface area contributed by atoms with Crippen molar-refractivity contribution in [1.82, 2.24) is 24.8 Å². The van der Waals surface area contributed by atoms with Crippen molar-refractivity contribution < 1.29 is 4.79 Å². The van der Waals surface area contributed by atoms with Crippen molar-refractivity contribution in [2.45, 2.75) is 46.1 Å². The Hall–Kier alpha value is -3.87. The number of urea groups is 1. The first-order valence-electron chi connectivity index (χ1n) is 12.5. The largest absolute Gasteiger partial charge is 0.322 e. The summed E-state index contributed by atoms with van der Waals surface area (Å²) in [6.45, 7) is 7.76. The molecule has 3 aromatic heterocycles. The first kappa shape index (κ1) is 22.6. The Balaban J connectivity index is 1.34. The molecule has 0 radical (unpaired) electrons. The van der Waals surface area contributed by atoms with E-state index in [9.17, 15) is 4.79 Å². The number of hydrogen-bond acceptors (Lipinski definition) is 5. The lowest BCUT2D eigenvalue weighted by atomic mass is 9.65. The molecule has 182 valence electrons. The second-order valence-corrected chi connectivity index (χ2v) is 11.3. The highest BCUT2D eigenvalue weighted by Crippen LogP contribution is 2.52. The first-order valence-corrected chi connectivity index (χ1v) is 12.5. The molecule has 6 rings (SSSR count). The molecule has 7 heteroatoms. The van der Waals surface area contributed by atoms with Gasteiger partial charge < -0.3 is 10.2 Å². The van der Waals surface area contributed by atoms with E-state index in [-0.39, 0.29) is 22.9 Å². The van der Waals surface area contributed by atoms with Crippen LogP contribution in [0.25, 0.3) is 33.8 Å². The summed E-state index contributed by atoms with van der Waals surface area (Å²) in [5, 5.41) is 3.13. The van der Waals surface area contributed by atoms with Crippen molar-refractivity contribution in [3.63, 3.8) is 0 Å². The third-order valence-corrected chi connectivity index (χ3v) is 7.41. The summed E-state index contributed by atoms with van der Waals surface area (Å²) in [5.41, 5.74) is 5.40. The molecule has 1 aliphatic carbocycles. The van der Waals surface area contributed by atoms with Crippen molar-refractivity contribution in [2.24, 2.45) is 10.8 Å². The summed E-state index contributed by atoms with van der Waals surface area (Å²) in [7, 11) is 0. The van der Waals surface area contributed by atoms with Crippen molar-refractivity contribution >= 4 is 22.8 Å². The maximum absolute atomic E-state index is 13.3. The number of nitrogens with zero attached hydrogens (tertiary/aromatic N) is 5. The maximum Gasteiger partial charge on any atom is 0.322 e. The molecule has 2 fully saturated rings. The highest BCUT2D eigenvalue weighted by Gasteiger charge is 2.51. The van der Waals surface area contributed by atoms with E-state index in [0.29, 0.717) is 22.6 Å². The highest BCUT2D eigenvalue weighted by molar-refractivity contribution is 5.93. The zero-order valence-corrected chi connectivity index (χ0v) is 20.9. The lowest BCUT2D eigenvalue weighted by Crippen LogP contribution is -2.40. The van der Waals surface area contributed by atoms with Crippen LogP contribution in [0.1, 0.15) is 40.0 Å². The van der Waals surface area contributed by atoms with Crippen LogP contribution in [-0.2, 0) is 0 Å². The Bertz CT molecular complexity index is 1440. The van der Waals surface area contributed by atoms with Gasteiger partial charge in [-0.1, -0.05) is 32.9 Å². The lowest BCUT2D eigenvalue weighted by Gasteiger charge is -2.39. The maximum atomic E-state index is 13.3. The standard InChI is InChI=1S/C29H30N6O/c1-28(2)15-20-16-29(3,17-28)18-35(20)27(36)32-19-10-11-21-24(14-19)34-26(23-9-5-7-13-31-23)25(33-21)22-8-4-6-12-30-22/h4-14,20H,15-18H2,1-3H3,(H,32,36)/t20-,29-/m1/s1. The SMILES string of the molecule is CC1(C)C[C@@H]2C[C@@](C)(CN2C(=O)Nc2ccc3nc(-c4ccccn4)c(-c4ccccn4)nc3c2)C1. The molecule has 1 aromatic carbocycles. The zero-order valence-electron chi connectivity index (χ0n) is 20.9. The highest BCUT2D eigenvalue weighted by atomic mass is 16.2. The number of amides is 2. The van der Waals surface area contributed by atoms with E-state index >= 15 is 0 Å². The van der Waals surface area contributed by atoms with Gasteiger partial charge in [-0.15, -0.1) is 0 Å². The van der Waals surface area contributed by atoms with Gasteiger partial charge in [0.25, 0.3) is 0 Å². The number of nitrogens with one attached hydrogen (secondary N) is 1. The van der Waals surface area contributed by atoms with Crippen LogP contribution in [-0.4, -0.2) is 43.5 Å². The van der Waals surface area contributed by atoms with E-state index in [1.165, 1.54) is 0 Å². The fourth-order valence-electron chi connectivity index (χ4n) is 6.39. The first-order chi connectivity index (χ1) is 17.3. The molecular formula is C29H30N6O. The fourth-order valence-corrected chi connectivity index (χ4v) is 6.39. The van der Waals surface area contributed by atoms with Crippen LogP contribution in [0.3, 0.4) is 0 Å². The summed E-state index contributed by atoms with van der Waals surface area (Å²) in [5.74, 6) is 0. The molecule has 2 aliphatic rings. The van der Waals surface area contributed by atoms with Crippen LogP contribution in [0.5, 0.6) is 0 Å². The van der Waals surface area contributed by atoms with Gasteiger partial charge >= 0.3 is 6.03 Å². The Labute approximate surface area is 211 Å². The number of anilines is 1. The van der Waals surface area contributed by atoms with Gasteiger partial charge in [0.05, 0.1) is 22.4 Å². The van der Waals surface area contributed by atoms with Crippen LogP contribution in [0.4, 0.5) is 10.5 Å². The van der Waals surface area contributed by atoms with Crippen molar-refractivity contribution in [2.75, 3.05) is 11.9 Å². The number of fused-ring (bicyclic) bond motifs is 3. The van der Waals surface area contributed by atoms with Gasteiger partial charge in [0.2, 0.25) is 0 Å². The Kier molecular flexibility index (Phi) is 5.25. The normalized spacial score (nSPS) is 22.5. The van der Waals surface area contributed by atoms with Crippen LogP contribution in [0, 0.1) is 10.8 Å². The molecule has 2 amide bonds. The summed E-state index contributed by atoms with van der Waals surface area (Å²) in [6.07, 6.45) is 6.77. The second kappa shape index (κ2) is 8.36. The van der Waals surface area contributed by atoms with Gasteiger partial charge in [-0.3, -0.25) is 9.97 Å². The van der Waals surface area contributed by atoms with E-state index in [1.54, 1.807) is 12.4 Å². The third-order valence-electron chi connectivity index (χ3n) is 7.41. The van der Waals surface area contributed by atoms with Crippen LogP contribution < -0.4 is 5.32 Å². The molecule has 0 unspecified atom stereocenters. The quantitative estimate of drug-likeness (QED) is 0.380. The Morgan fingerprint density at radius 1 is 0.889 bits per heavy atom. The molecule has 4 aromatic rings. The minimum Gasteiger partial charge on any atom is -0.321 e. The van der Waals surface area contributed by atoms with Crippen LogP contribution in [0.15, 0.2) is 67.0 Å². The molecular weight excluding hydrogens is 448 g/mol. The van der Waals surface area contributed by atoms with Gasteiger partial charge in [-0.25, -0.2) is 14.8 Å². The number of likely N-dealkylation sites (tertiary alicyclic amines) is 1. The molecule has 2 atom stereocenters. The van der Waals surface area contributed by atoms with E-state index in [0.717, 1.165) is 42.7 Å².